The van der Waals surface area contributed by atoms with Crippen molar-refractivity contribution < 1.29 is 0 Å². The average Bonchev–Trinajstić information content (AvgIpc) is 2.36. The number of hydrogen-bond donors (Lipinski definition) is 1. The minimum absolute atomic E-state index is 0.326. The molecule has 2 unspecified atom stereocenters. The number of rotatable bonds is 1. The van der Waals surface area contributed by atoms with Gasteiger partial charge in [0.15, 0.2) is 0 Å². The van der Waals surface area contributed by atoms with Crippen LogP contribution in [-0.4, -0.2) is 55.1 Å². The number of likely N-dealkylation sites (N-methyl/N-ethyl adjacent to an activating group) is 1. The van der Waals surface area contributed by atoms with Gasteiger partial charge in [0.25, 0.3) is 0 Å². The first-order chi connectivity index (χ1) is 8.49. The van der Waals surface area contributed by atoms with E-state index in [1.807, 2.05) is 13.8 Å². The van der Waals surface area contributed by atoms with Crippen molar-refractivity contribution in [2.45, 2.75) is 59.0 Å². The Balaban J connectivity index is 0.000000771. The molecule has 18 heavy (non-hydrogen) atoms. The number of piperazine rings is 1. The molecule has 1 saturated heterocycles. The van der Waals surface area contributed by atoms with Gasteiger partial charge >= 0.3 is 0 Å². The molecule has 0 spiro atoms. The van der Waals surface area contributed by atoms with Gasteiger partial charge in [0.1, 0.15) is 0 Å². The number of nitrogens with zero attached hydrogens (tertiary/aromatic N) is 2. The minimum Gasteiger partial charge on any atom is -0.327 e. The standard InChI is InChI=1S/C13H27N3.C2H6/c1-13(2)10-11(4-5-12(13)14)16-8-6-15(3)7-9-16;1-2/h11-12H,4-10,14H2,1-3H3;1-2H3. The molecule has 0 aromatic heterocycles. The summed E-state index contributed by atoms with van der Waals surface area (Å²) in [5, 5.41) is 0. The molecule has 2 fully saturated rings. The van der Waals surface area contributed by atoms with E-state index in [2.05, 4.69) is 30.7 Å². The molecule has 108 valence electrons. The molecule has 2 atom stereocenters. The second-order valence-corrected chi connectivity index (χ2v) is 6.37. The molecule has 3 heteroatoms. The fraction of sp³-hybridized carbons (Fsp3) is 1.00. The summed E-state index contributed by atoms with van der Waals surface area (Å²) in [4.78, 5) is 5.11. The summed E-state index contributed by atoms with van der Waals surface area (Å²) in [5.41, 5.74) is 6.53. The Kier molecular flexibility index (Phi) is 6.09. The number of hydrogen-bond acceptors (Lipinski definition) is 3. The van der Waals surface area contributed by atoms with Crippen LogP contribution >= 0.6 is 0 Å². The Bertz CT molecular complexity index is 232. The van der Waals surface area contributed by atoms with E-state index >= 15 is 0 Å². The van der Waals surface area contributed by atoms with Crippen molar-refractivity contribution in [1.82, 2.24) is 9.80 Å². The SMILES string of the molecule is CC.CN1CCN(C2CCC(N)C(C)(C)C2)CC1. The summed E-state index contributed by atoms with van der Waals surface area (Å²) >= 11 is 0. The maximum Gasteiger partial charge on any atom is 0.0113 e. The average molecular weight is 255 g/mol. The first kappa shape index (κ1) is 15.9. The zero-order chi connectivity index (χ0) is 13.8. The molecular weight excluding hydrogens is 222 g/mol. The van der Waals surface area contributed by atoms with Gasteiger partial charge in [0.05, 0.1) is 0 Å². The third-order valence-electron chi connectivity index (χ3n) is 4.63. The van der Waals surface area contributed by atoms with E-state index in [-0.39, 0.29) is 0 Å². The Morgan fingerprint density at radius 1 is 1.00 bits per heavy atom. The second kappa shape index (κ2) is 6.88. The highest BCUT2D eigenvalue weighted by molar-refractivity contribution is 4.93. The topological polar surface area (TPSA) is 32.5 Å². The molecule has 2 aliphatic rings. The maximum absolute atomic E-state index is 6.20. The van der Waals surface area contributed by atoms with E-state index in [9.17, 15) is 0 Å². The molecule has 0 bridgehead atoms. The van der Waals surface area contributed by atoms with Gasteiger partial charge < -0.3 is 10.6 Å². The monoisotopic (exact) mass is 255 g/mol. The third-order valence-corrected chi connectivity index (χ3v) is 4.63. The smallest absolute Gasteiger partial charge is 0.0113 e. The lowest BCUT2D eigenvalue weighted by atomic mass is 9.71. The van der Waals surface area contributed by atoms with Crippen molar-refractivity contribution in [3.05, 3.63) is 0 Å². The highest BCUT2D eigenvalue weighted by Crippen LogP contribution is 2.36. The van der Waals surface area contributed by atoms with Gasteiger partial charge in [-0.1, -0.05) is 27.7 Å². The summed E-state index contributed by atoms with van der Waals surface area (Å²) < 4.78 is 0. The Morgan fingerprint density at radius 2 is 1.56 bits per heavy atom. The molecule has 1 heterocycles. The van der Waals surface area contributed by atoms with Crippen LogP contribution in [0.5, 0.6) is 0 Å². The van der Waals surface area contributed by atoms with E-state index in [0.717, 1.165) is 6.04 Å². The Labute approximate surface area is 114 Å². The first-order valence-corrected chi connectivity index (χ1v) is 7.67. The lowest BCUT2D eigenvalue weighted by Crippen LogP contribution is -2.54. The second-order valence-electron chi connectivity index (χ2n) is 6.37. The summed E-state index contributed by atoms with van der Waals surface area (Å²) in [5.74, 6) is 0. The van der Waals surface area contributed by atoms with Gasteiger partial charge in [-0.15, -0.1) is 0 Å². The van der Waals surface area contributed by atoms with E-state index < -0.39 is 0 Å². The molecule has 2 rings (SSSR count). The predicted octanol–water partition coefficient (Wildman–Crippen LogP) is 2.17. The first-order valence-electron chi connectivity index (χ1n) is 7.67. The summed E-state index contributed by atoms with van der Waals surface area (Å²) in [6.45, 7) is 13.6. The van der Waals surface area contributed by atoms with Crippen LogP contribution in [-0.2, 0) is 0 Å². The molecule has 0 amide bonds. The zero-order valence-electron chi connectivity index (χ0n) is 13.1. The van der Waals surface area contributed by atoms with Crippen molar-refractivity contribution in [3.63, 3.8) is 0 Å². The lowest BCUT2D eigenvalue weighted by molar-refractivity contribution is 0.0470. The van der Waals surface area contributed by atoms with Crippen LogP contribution in [0.2, 0.25) is 0 Å². The largest absolute Gasteiger partial charge is 0.327 e. The van der Waals surface area contributed by atoms with Crippen LogP contribution < -0.4 is 5.73 Å². The van der Waals surface area contributed by atoms with Gasteiger partial charge in [-0.05, 0) is 31.7 Å². The van der Waals surface area contributed by atoms with Crippen LogP contribution in [0.4, 0.5) is 0 Å². The zero-order valence-corrected chi connectivity index (χ0v) is 13.1. The van der Waals surface area contributed by atoms with Gasteiger partial charge in [-0.3, -0.25) is 4.90 Å². The molecule has 1 aliphatic carbocycles. The maximum atomic E-state index is 6.20. The summed E-state index contributed by atoms with van der Waals surface area (Å²) in [6, 6.07) is 1.18. The van der Waals surface area contributed by atoms with Crippen LogP contribution in [0.1, 0.15) is 47.0 Å². The fourth-order valence-corrected chi connectivity index (χ4v) is 3.12. The molecular formula is C15H33N3. The molecule has 0 aromatic rings. The molecule has 1 saturated carbocycles. The number of nitrogens with two attached hydrogens (primary N) is 1. The van der Waals surface area contributed by atoms with Crippen LogP contribution in [0.25, 0.3) is 0 Å². The summed E-state index contributed by atoms with van der Waals surface area (Å²) in [7, 11) is 2.22. The van der Waals surface area contributed by atoms with E-state index in [0.29, 0.717) is 11.5 Å². The van der Waals surface area contributed by atoms with Crippen LogP contribution in [0.15, 0.2) is 0 Å². The van der Waals surface area contributed by atoms with Crippen LogP contribution in [0.3, 0.4) is 0 Å². The molecule has 1 aliphatic heterocycles. The third kappa shape index (κ3) is 3.94. The lowest BCUT2D eigenvalue weighted by Gasteiger charge is -2.46. The normalized spacial score (nSPS) is 33.7. The van der Waals surface area contributed by atoms with Crippen molar-refractivity contribution >= 4 is 0 Å². The predicted molar refractivity (Wildman–Crippen MR) is 79.8 cm³/mol. The molecule has 0 radical (unpaired) electrons. The van der Waals surface area contributed by atoms with Crippen molar-refractivity contribution in [2.75, 3.05) is 33.2 Å². The Hall–Kier alpha value is -0.120. The highest BCUT2D eigenvalue weighted by Gasteiger charge is 2.37. The van der Waals surface area contributed by atoms with Crippen molar-refractivity contribution in [2.24, 2.45) is 11.1 Å². The fourth-order valence-electron chi connectivity index (χ4n) is 3.12. The van der Waals surface area contributed by atoms with Gasteiger partial charge in [-0.2, -0.15) is 0 Å². The van der Waals surface area contributed by atoms with Gasteiger partial charge in [0.2, 0.25) is 0 Å². The Morgan fingerprint density at radius 3 is 2.06 bits per heavy atom. The minimum atomic E-state index is 0.326. The van der Waals surface area contributed by atoms with Gasteiger partial charge in [-0.25, -0.2) is 0 Å². The van der Waals surface area contributed by atoms with Crippen molar-refractivity contribution in [1.29, 1.82) is 0 Å². The van der Waals surface area contributed by atoms with E-state index in [4.69, 9.17) is 5.73 Å². The highest BCUT2D eigenvalue weighted by atomic mass is 15.3. The van der Waals surface area contributed by atoms with Gasteiger partial charge in [0, 0.05) is 38.3 Å². The van der Waals surface area contributed by atoms with Crippen molar-refractivity contribution in [3.8, 4) is 0 Å². The molecule has 2 N–H and O–H groups in total. The van der Waals surface area contributed by atoms with E-state index in [1.54, 1.807) is 0 Å². The molecule has 3 nitrogen and oxygen atoms in total. The molecule has 0 aromatic carbocycles. The van der Waals surface area contributed by atoms with E-state index in [1.165, 1.54) is 45.4 Å². The quantitative estimate of drug-likeness (QED) is 0.779. The summed E-state index contributed by atoms with van der Waals surface area (Å²) in [6.07, 6.45) is 3.77. The van der Waals surface area contributed by atoms with Crippen LogP contribution in [0, 0.1) is 5.41 Å².